The van der Waals surface area contributed by atoms with Crippen LogP contribution in [0.1, 0.15) is 38.1 Å². The van der Waals surface area contributed by atoms with Crippen LogP contribution in [0.3, 0.4) is 0 Å². The van der Waals surface area contributed by atoms with E-state index in [0.717, 1.165) is 4.09 Å². The van der Waals surface area contributed by atoms with Gasteiger partial charge in [0.05, 0.1) is 34.6 Å². The number of allylic oxidation sites excluding steroid dienone is 1. The molecule has 1 unspecified atom stereocenters. The maximum Gasteiger partial charge on any atom is 0.257 e. The fourth-order valence-corrected chi connectivity index (χ4v) is 5.44. The Bertz CT molecular complexity index is 1470. The molecule has 0 radical (unpaired) electrons. The van der Waals surface area contributed by atoms with Crippen LogP contribution in [0.5, 0.6) is 0 Å². The highest BCUT2D eigenvalue weighted by Gasteiger charge is 2.38. The molecule has 2 aliphatic rings. The molecule has 1 aliphatic heterocycles. The molecule has 0 aromatic carbocycles. The minimum atomic E-state index is -3.51. The van der Waals surface area contributed by atoms with Crippen LogP contribution in [0.2, 0.25) is 0 Å². The van der Waals surface area contributed by atoms with Gasteiger partial charge in [-0.1, -0.05) is 0 Å². The van der Waals surface area contributed by atoms with E-state index in [1.165, 1.54) is 29.5 Å². The first kappa shape index (κ1) is 25.0. The fourth-order valence-electron chi connectivity index (χ4n) is 3.96. The van der Waals surface area contributed by atoms with E-state index in [-0.39, 0.29) is 11.9 Å². The largest absolute Gasteiger partial charge is 0.382 e. The number of aromatic nitrogens is 6. The second kappa shape index (κ2) is 9.34. The SMILES string of the molecule is CC(C)NC1=CC(N)(c2ccnc(-c3cnn(S(=O)(=O)C4CC4)c3)n2)NC=C1c1ccn(CC(F)F)n1. The van der Waals surface area contributed by atoms with E-state index < -0.39 is 33.9 Å². The summed E-state index contributed by atoms with van der Waals surface area (Å²) >= 11 is 0. The molecule has 5 rings (SSSR count). The smallest absolute Gasteiger partial charge is 0.257 e. The van der Waals surface area contributed by atoms with Gasteiger partial charge >= 0.3 is 0 Å². The first-order valence-electron chi connectivity index (χ1n) is 11.8. The summed E-state index contributed by atoms with van der Waals surface area (Å²) in [5.41, 5.74) is 8.15. The van der Waals surface area contributed by atoms with E-state index in [2.05, 4.69) is 30.8 Å². The molecule has 14 heteroatoms. The van der Waals surface area contributed by atoms with Crippen molar-refractivity contribution in [2.75, 3.05) is 0 Å². The first-order valence-corrected chi connectivity index (χ1v) is 13.3. The lowest BCUT2D eigenvalue weighted by atomic mass is 9.97. The molecule has 196 valence electrons. The highest BCUT2D eigenvalue weighted by atomic mass is 32.2. The van der Waals surface area contributed by atoms with Crippen molar-refractivity contribution in [2.24, 2.45) is 5.73 Å². The van der Waals surface area contributed by atoms with Crippen molar-refractivity contribution in [1.29, 1.82) is 0 Å². The molecule has 0 amide bonds. The van der Waals surface area contributed by atoms with Crippen molar-refractivity contribution in [2.45, 2.75) is 56.6 Å². The highest BCUT2D eigenvalue weighted by Crippen LogP contribution is 2.31. The van der Waals surface area contributed by atoms with Crippen molar-refractivity contribution in [3.63, 3.8) is 0 Å². The molecular weight excluding hydrogens is 504 g/mol. The Kier molecular flexibility index (Phi) is 6.31. The average Bonchev–Trinajstić information content (AvgIpc) is 3.41. The zero-order chi connectivity index (χ0) is 26.4. The van der Waals surface area contributed by atoms with Crippen molar-refractivity contribution < 1.29 is 17.2 Å². The minimum Gasteiger partial charge on any atom is -0.382 e. The maximum absolute atomic E-state index is 12.8. The number of nitrogens with zero attached hydrogens (tertiary/aromatic N) is 6. The van der Waals surface area contributed by atoms with Crippen LogP contribution in [0.15, 0.2) is 54.9 Å². The van der Waals surface area contributed by atoms with Gasteiger partial charge in [-0.2, -0.15) is 14.3 Å². The van der Waals surface area contributed by atoms with Gasteiger partial charge in [-0.25, -0.2) is 27.2 Å². The van der Waals surface area contributed by atoms with E-state index in [0.29, 0.717) is 41.1 Å². The molecule has 3 aromatic heterocycles. The van der Waals surface area contributed by atoms with Crippen LogP contribution in [0.25, 0.3) is 17.0 Å². The second-order valence-corrected chi connectivity index (χ2v) is 11.4. The van der Waals surface area contributed by atoms with Gasteiger partial charge in [0.25, 0.3) is 16.4 Å². The number of hydrogen-bond donors (Lipinski definition) is 3. The van der Waals surface area contributed by atoms with Gasteiger partial charge in [-0.05, 0) is 44.9 Å². The number of halogens is 2. The van der Waals surface area contributed by atoms with E-state index >= 15 is 0 Å². The average molecular weight is 532 g/mol. The van der Waals surface area contributed by atoms with Crippen molar-refractivity contribution in [1.82, 2.24) is 39.6 Å². The van der Waals surface area contributed by atoms with E-state index in [4.69, 9.17) is 5.73 Å². The lowest BCUT2D eigenvalue weighted by Crippen LogP contribution is -2.50. The summed E-state index contributed by atoms with van der Waals surface area (Å²) in [6.45, 7) is 3.43. The Morgan fingerprint density at radius 2 is 2.08 bits per heavy atom. The predicted molar refractivity (Wildman–Crippen MR) is 132 cm³/mol. The standard InChI is InChI=1S/C23H27F2N9O2S/c1-14(2)30-19-9-23(26,28-11-17(19)18-6-8-33(32-18)13-21(24)25)20-5-7-27-22(31-20)15-10-29-34(12-15)37(35,36)16-3-4-16/h5-12,14,16,21,28,30H,3-4,13,26H2,1-2H3. The lowest BCUT2D eigenvalue weighted by Gasteiger charge is -2.33. The van der Waals surface area contributed by atoms with Gasteiger partial charge in [0.2, 0.25) is 0 Å². The molecule has 1 saturated carbocycles. The number of alkyl halides is 2. The predicted octanol–water partition coefficient (Wildman–Crippen LogP) is 1.78. The van der Waals surface area contributed by atoms with Crippen LogP contribution in [0.4, 0.5) is 8.78 Å². The van der Waals surface area contributed by atoms with Crippen LogP contribution in [-0.2, 0) is 22.2 Å². The highest BCUT2D eigenvalue weighted by molar-refractivity contribution is 7.90. The molecular formula is C23H27F2N9O2S. The van der Waals surface area contributed by atoms with Gasteiger partial charge in [0, 0.05) is 35.9 Å². The lowest BCUT2D eigenvalue weighted by molar-refractivity contribution is 0.122. The van der Waals surface area contributed by atoms with E-state index in [1.807, 2.05) is 13.8 Å². The number of nitrogens with one attached hydrogen (secondary N) is 2. The summed E-state index contributed by atoms with van der Waals surface area (Å²) in [5.74, 6) is 0.272. The Labute approximate surface area is 212 Å². The topological polar surface area (TPSA) is 146 Å². The van der Waals surface area contributed by atoms with Gasteiger partial charge in [0.15, 0.2) is 11.5 Å². The maximum atomic E-state index is 12.8. The third-order valence-electron chi connectivity index (χ3n) is 5.91. The molecule has 0 saturated heterocycles. The molecule has 4 N–H and O–H groups in total. The Morgan fingerprint density at radius 1 is 1.30 bits per heavy atom. The van der Waals surface area contributed by atoms with Gasteiger partial charge in [0.1, 0.15) is 6.54 Å². The summed E-state index contributed by atoms with van der Waals surface area (Å²) in [4.78, 5) is 8.87. The Balaban J connectivity index is 1.45. The summed E-state index contributed by atoms with van der Waals surface area (Å²) in [6, 6.07) is 3.35. The summed E-state index contributed by atoms with van der Waals surface area (Å²) in [7, 11) is -3.51. The number of dihydropyridines is 1. The van der Waals surface area contributed by atoms with E-state index in [9.17, 15) is 17.2 Å². The molecule has 1 aliphatic carbocycles. The van der Waals surface area contributed by atoms with Gasteiger partial charge < -0.3 is 16.4 Å². The monoisotopic (exact) mass is 531 g/mol. The van der Waals surface area contributed by atoms with Crippen LogP contribution in [-0.4, -0.2) is 55.1 Å². The molecule has 1 atom stereocenters. The van der Waals surface area contributed by atoms with Crippen molar-refractivity contribution in [3.8, 4) is 11.4 Å². The normalized spacial score (nSPS) is 20.1. The first-order chi connectivity index (χ1) is 17.5. The minimum absolute atomic E-state index is 0.0420. The molecule has 0 bridgehead atoms. The van der Waals surface area contributed by atoms with Crippen LogP contribution >= 0.6 is 0 Å². The van der Waals surface area contributed by atoms with Crippen LogP contribution < -0.4 is 16.4 Å². The molecule has 4 heterocycles. The summed E-state index contributed by atoms with van der Waals surface area (Å²) in [6.07, 6.45) is 8.02. The van der Waals surface area contributed by atoms with Gasteiger partial charge in [-0.15, -0.1) is 0 Å². The number of nitrogens with two attached hydrogens (primary N) is 1. The fraction of sp³-hybridized carbons (Fsp3) is 0.391. The van der Waals surface area contributed by atoms with Crippen molar-refractivity contribution >= 4 is 15.6 Å². The van der Waals surface area contributed by atoms with Crippen LogP contribution in [0, 0.1) is 0 Å². The Hall–Kier alpha value is -3.65. The molecule has 11 nitrogen and oxygen atoms in total. The number of hydrogen-bond acceptors (Lipinski definition) is 9. The molecule has 1 fully saturated rings. The second-order valence-electron chi connectivity index (χ2n) is 9.35. The third-order valence-corrected chi connectivity index (χ3v) is 7.94. The zero-order valence-electron chi connectivity index (χ0n) is 20.2. The summed E-state index contributed by atoms with van der Waals surface area (Å²) in [5, 5.41) is 14.4. The Morgan fingerprint density at radius 3 is 2.78 bits per heavy atom. The van der Waals surface area contributed by atoms with Crippen molar-refractivity contribution in [3.05, 3.63) is 66.3 Å². The van der Waals surface area contributed by atoms with Gasteiger partial charge in [-0.3, -0.25) is 4.68 Å². The molecule has 0 spiro atoms. The third kappa shape index (κ3) is 5.11. The van der Waals surface area contributed by atoms with E-state index in [1.54, 1.807) is 24.4 Å². The number of rotatable bonds is 9. The summed E-state index contributed by atoms with van der Waals surface area (Å²) < 4.78 is 52.7. The zero-order valence-corrected chi connectivity index (χ0v) is 21.0. The molecule has 3 aromatic rings. The quantitative estimate of drug-likeness (QED) is 0.376. The molecule has 37 heavy (non-hydrogen) atoms.